The van der Waals surface area contributed by atoms with Gasteiger partial charge in [0.2, 0.25) is 11.8 Å². The number of aliphatic hydroxyl groups is 1. The van der Waals surface area contributed by atoms with Crippen LogP contribution in [0.15, 0.2) is 48.5 Å². The minimum absolute atomic E-state index is 0.00782. The van der Waals surface area contributed by atoms with Gasteiger partial charge in [-0.05, 0) is 36.1 Å². The zero-order chi connectivity index (χ0) is 27.7. The molecule has 3 amide bonds. The Morgan fingerprint density at radius 1 is 0.895 bits per heavy atom. The van der Waals surface area contributed by atoms with Crippen LogP contribution in [0.4, 0.5) is 4.79 Å². The molecule has 4 N–H and O–H groups in total. The van der Waals surface area contributed by atoms with Gasteiger partial charge in [-0.2, -0.15) is 0 Å². The van der Waals surface area contributed by atoms with E-state index in [9.17, 15) is 24.3 Å². The lowest BCUT2D eigenvalue weighted by Gasteiger charge is -2.19. The number of methoxy groups -OCH3 is 1. The Morgan fingerprint density at radius 3 is 2.08 bits per heavy atom. The number of hydrogen-bond donors (Lipinski definition) is 4. The summed E-state index contributed by atoms with van der Waals surface area (Å²) < 4.78 is 15.0. The third-order valence-electron chi connectivity index (χ3n) is 6.18. The van der Waals surface area contributed by atoms with E-state index in [4.69, 9.17) is 9.47 Å². The van der Waals surface area contributed by atoms with E-state index in [2.05, 4.69) is 20.7 Å². The Bertz CT molecular complexity index is 1110. The second-order valence-electron chi connectivity index (χ2n) is 8.84. The molecule has 3 atom stereocenters. The summed E-state index contributed by atoms with van der Waals surface area (Å²) in [5.41, 5.74) is 4.38. The molecule has 0 heterocycles. The molecule has 11 heteroatoms. The van der Waals surface area contributed by atoms with Crippen molar-refractivity contribution in [3.8, 4) is 11.1 Å². The minimum atomic E-state index is -1.31. The molecular formula is C27H33N3O8. The van der Waals surface area contributed by atoms with Crippen LogP contribution in [0.2, 0.25) is 0 Å². The molecule has 0 radical (unpaired) electrons. The van der Waals surface area contributed by atoms with Gasteiger partial charge in [-0.3, -0.25) is 9.59 Å². The quantitative estimate of drug-likeness (QED) is 0.184. The third-order valence-corrected chi connectivity index (χ3v) is 6.18. The lowest BCUT2D eigenvalue weighted by Crippen LogP contribution is -2.52. The highest BCUT2D eigenvalue weighted by molar-refractivity contribution is 5.90. The smallest absolute Gasteiger partial charge is 0.407 e. The van der Waals surface area contributed by atoms with E-state index in [0.29, 0.717) is 0 Å². The molecule has 0 bridgehead atoms. The van der Waals surface area contributed by atoms with Crippen LogP contribution in [-0.2, 0) is 28.6 Å². The predicted molar refractivity (Wildman–Crippen MR) is 137 cm³/mol. The highest BCUT2D eigenvalue weighted by atomic mass is 16.5. The van der Waals surface area contributed by atoms with Crippen molar-refractivity contribution in [3.63, 3.8) is 0 Å². The second-order valence-corrected chi connectivity index (χ2v) is 8.84. The zero-order valence-corrected chi connectivity index (χ0v) is 21.6. The van der Waals surface area contributed by atoms with E-state index in [-0.39, 0.29) is 32.3 Å². The van der Waals surface area contributed by atoms with Crippen molar-refractivity contribution >= 4 is 23.9 Å². The number of benzene rings is 2. The van der Waals surface area contributed by atoms with Crippen LogP contribution in [0.3, 0.4) is 0 Å². The monoisotopic (exact) mass is 527 g/mol. The van der Waals surface area contributed by atoms with E-state index in [1.807, 2.05) is 48.5 Å². The molecule has 11 nitrogen and oxygen atoms in total. The summed E-state index contributed by atoms with van der Waals surface area (Å²) in [5, 5.41) is 16.9. The Hall–Kier alpha value is -3.96. The molecule has 0 saturated heterocycles. The van der Waals surface area contributed by atoms with Crippen LogP contribution < -0.4 is 16.0 Å². The van der Waals surface area contributed by atoms with E-state index < -0.39 is 42.1 Å². The van der Waals surface area contributed by atoms with Crippen molar-refractivity contribution in [3.05, 3.63) is 59.7 Å². The Balaban J connectivity index is 1.39. The van der Waals surface area contributed by atoms with E-state index in [1.54, 1.807) is 0 Å². The Labute approximate surface area is 220 Å². The number of amides is 3. The summed E-state index contributed by atoms with van der Waals surface area (Å²) >= 11 is 0. The fourth-order valence-corrected chi connectivity index (χ4v) is 4.08. The topological polar surface area (TPSA) is 152 Å². The summed E-state index contributed by atoms with van der Waals surface area (Å²) in [5.74, 6) is -1.95. The number of esters is 1. The van der Waals surface area contributed by atoms with E-state index in [0.717, 1.165) is 29.4 Å². The highest BCUT2D eigenvalue weighted by Gasteiger charge is 2.29. The molecule has 1 aliphatic carbocycles. The molecule has 0 unspecified atom stereocenters. The molecule has 2 aromatic carbocycles. The Kier molecular flexibility index (Phi) is 10.2. The molecular weight excluding hydrogens is 494 g/mol. The van der Waals surface area contributed by atoms with Gasteiger partial charge in [0.15, 0.2) is 6.10 Å². The largest absolute Gasteiger partial charge is 0.467 e. The maximum absolute atomic E-state index is 12.5. The van der Waals surface area contributed by atoms with Gasteiger partial charge in [0.25, 0.3) is 0 Å². The number of nitrogens with one attached hydrogen (secondary N) is 3. The molecule has 0 aromatic heterocycles. The molecule has 0 saturated carbocycles. The van der Waals surface area contributed by atoms with E-state index >= 15 is 0 Å². The standard InChI is InChI=1S/C27H33N3O8/c1-16(24(32)28-15-37-13-12-23(31)26(34)36-3)29-25(33)17(2)30-27(35)38-14-22-20-10-6-4-8-18(20)19-9-5-7-11-21(19)22/h4-11,16-17,22-23,31H,12-15H2,1-3H3,(H,28,32)(H,29,33)(H,30,35)/t16-,17-,23+/m0/s1. The maximum atomic E-state index is 12.5. The van der Waals surface area contributed by atoms with Crippen molar-refractivity contribution in [1.82, 2.24) is 16.0 Å². The van der Waals surface area contributed by atoms with Gasteiger partial charge in [-0.15, -0.1) is 0 Å². The number of fused-ring (bicyclic) bond motifs is 3. The van der Waals surface area contributed by atoms with Crippen LogP contribution in [0, 0.1) is 0 Å². The molecule has 2 aromatic rings. The summed E-state index contributed by atoms with van der Waals surface area (Å²) in [6, 6.07) is 14.1. The number of rotatable bonds is 12. The molecule has 0 spiro atoms. The number of ether oxygens (including phenoxy) is 3. The van der Waals surface area contributed by atoms with Crippen molar-refractivity contribution in [2.45, 2.75) is 44.4 Å². The summed E-state index contributed by atoms with van der Waals surface area (Å²) in [4.78, 5) is 48.2. The van der Waals surface area contributed by atoms with Crippen LogP contribution in [0.5, 0.6) is 0 Å². The normalized spacial score (nSPS) is 14.3. The Morgan fingerprint density at radius 2 is 1.47 bits per heavy atom. The summed E-state index contributed by atoms with van der Waals surface area (Å²) in [6.07, 6.45) is -2.04. The van der Waals surface area contributed by atoms with Gasteiger partial charge in [-0.1, -0.05) is 48.5 Å². The summed E-state index contributed by atoms with van der Waals surface area (Å²) in [7, 11) is 1.16. The van der Waals surface area contributed by atoms with Gasteiger partial charge in [0, 0.05) is 12.3 Å². The van der Waals surface area contributed by atoms with Gasteiger partial charge in [0.05, 0.1) is 13.7 Å². The van der Waals surface area contributed by atoms with Crippen molar-refractivity contribution in [2.24, 2.45) is 0 Å². The van der Waals surface area contributed by atoms with E-state index in [1.165, 1.54) is 13.8 Å². The van der Waals surface area contributed by atoms with Crippen LogP contribution in [-0.4, -0.2) is 74.2 Å². The number of alkyl carbamates (subject to hydrolysis) is 1. The molecule has 0 fully saturated rings. The average Bonchev–Trinajstić information content (AvgIpc) is 3.24. The first-order valence-electron chi connectivity index (χ1n) is 12.3. The maximum Gasteiger partial charge on any atom is 0.407 e. The lowest BCUT2D eigenvalue weighted by atomic mass is 9.98. The van der Waals surface area contributed by atoms with Crippen molar-refractivity contribution < 1.29 is 38.5 Å². The minimum Gasteiger partial charge on any atom is -0.467 e. The number of carbonyl (C=O) groups excluding carboxylic acids is 4. The third kappa shape index (κ3) is 7.30. The van der Waals surface area contributed by atoms with Crippen LogP contribution in [0.1, 0.15) is 37.3 Å². The first-order chi connectivity index (χ1) is 18.2. The van der Waals surface area contributed by atoms with Gasteiger partial charge in [-0.25, -0.2) is 9.59 Å². The first-order valence-corrected chi connectivity index (χ1v) is 12.3. The van der Waals surface area contributed by atoms with Gasteiger partial charge >= 0.3 is 12.1 Å². The molecule has 38 heavy (non-hydrogen) atoms. The zero-order valence-electron chi connectivity index (χ0n) is 21.6. The molecule has 0 aliphatic heterocycles. The fourth-order valence-electron chi connectivity index (χ4n) is 4.08. The van der Waals surface area contributed by atoms with Crippen LogP contribution >= 0.6 is 0 Å². The number of hydrogen-bond acceptors (Lipinski definition) is 8. The predicted octanol–water partition coefficient (Wildman–Crippen LogP) is 1.43. The van der Waals surface area contributed by atoms with Gasteiger partial charge < -0.3 is 35.3 Å². The second kappa shape index (κ2) is 13.5. The SMILES string of the molecule is COC(=O)[C@H](O)CCOCNC(=O)[C@H](C)NC(=O)[C@H](C)NC(=O)OCC1c2ccccc2-c2ccccc21. The fraction of sp³-hybridized carbons (Fsp3) is 0.407. The van der Waals surface area contributed by atoms with Crippen molar-refractivity contribution in [2.75, 3.05) is 27.1 Å². The van der Waals surface area contributed by atoms with Crippen molar-refractivity contribution in [1.29, 1.82) is 0 Å². The summed E-state index contributed by atoms with van der Waals surface area (Å²) in [6.45, 7) is 2.91. The first kappa shape index (κ1) is 28.6. The van der Waals surface area contributed by atoms with Crippen LogP contribution in [0.25, 0.3) is 11.1 Å². The highest BCUT2D eigenvalue weighted by Crippen LogP contribution is 2.44. The van der Waals surface area contributed by atoms with Gasteiger partial charge in [0.1, 0.15) is 25.4 Å². The number of aliphatic hydroxyl groups excluding tert-OH is 1. The average molecular weight is 528 g/mol. The molecule has 3 rings (SSSR count). The molecule has 204 valence electrons. The lowest BCUT2D eigenvalue weighted by molar-refractivity contribution is -0.151. The number of carbonyl (C=O) groups is 4. The molecule has 1 aliphatic rings.